The van der Waals surface area contributed by atoms with Crippen molar-refractivity contribution in [2.24, 2.45) is 0 Å². The maximum Gasteiger partial charge on any atom is 0.322 e. The molecule has 5 rings (SSSR count). The van der Waals surface area contributed by atoms with Crippen LogP contribution in [0.15, 0.2) is 48.5 Å². The fraction of sp³-hybridized carbons (Fsp3) is 0.333. The summed E-state index contributed by atoms with van der Waals surface area (Å²) in [6.45, 7) is 8.04. The molecule has 3 amide bonds. The summed E-state index contributed by atoms with van der Waals surface area (Å²) in [6, 6.07) is 16.2. The van der Waals surface area contributed by atoms with Crippen molar-refractivity contribution in [2.75, 3.05) is 48.8 Å². The summed E-state index contributed by atoms with van der Waals surface area (Å²) in [4.78, 5) is 32.5. The number of para-hydroxylation sites is 1. The first kappa shape index (κ1) is 24.3. The Hall–Kier alpha value is -4.36. The quantitative estimate of drug-likeness (QED) is 0.506. The van der Waals surface area contributed by atoms with Crippen molar-refractivity contribution < 1.29 is 9.59 Å². The Kier molecular flexibility index (Phi) is 6.31. The van der Waals surface area contributed by atoms with Crippen LogP contribution in [-0.2, 0) is 12.1 Å². The SMILES string of the molecule is CN1CCN(c2ccc(C(=O)Nc3n[nH]c4c3CN(C(=O)Nc3ccccc3C#N)C4(C)C)cc2)CC1. The van der Waals surface area contributed by atoms with E-state index in [2.05, 4.69) is 43.7 Å². The van der Waals surface area contributed by atoms with E-state index in [0.29, 0.717) is 22.6 Å². The van der Waals surface area contributed by atoms with Crippen molar-refractivity contribution in [2.45, 2.75) is 25.9 Å². The Morgan fingerprint density at radius 1 is 1.03 bits per heavy atom. The number of nitrogens with zero attached hydrogens (tertiary/aromatic N) is 5. The molecule has 0 bridgehead atoms. The van der Waals surface area contributed by atoms with Crippen LogP contribution >= 0.6 is 0 Å². The number of carbonyl (C=O) groups is 2. The Balaban J connectivity index is 1.28. The first-order valence-corrected chi connectivity index (χ1v) is 12.3. The highest BCUT2D eigenvalue weighted by Gasteiger charge is 2.44. The topological polar surface area (TPSA) is 120 Å². The minimum Gasteiger partial charge on any atom is -0.369 e. The number of rotatable bonds is 4. The second-order valence-electron chi connectivity index (χ2n) is 9.95. The van der Waals surface area contributed by atoms with E-state index < -0.39 is 5.54 Å². The van der Waals surface area contributed by atoms with Gasteiger partial charge in [0, 0.05) is 43.0 Å². The Morgan fingerprint density at radius 2 is 1.73 bits per heavy atom. The van der Waals surface area contributed by atoms with E-state index in [0.717, 1.165) is 43.1 Å². The summed E-state index contributed by atoms with van der Waals surface area (Å²) in [5, 5.41) is 22.4. The first-order chi connectivity index (χ1) is 17.8. The second-order valence-corrected chi connectivity index (χ2v) is 9.95. The minimum absolute atomic E-state index is 0.261. The summed E-state index contributed by atoms with van der Waals surface area (Å²) in [6.07, 6.45) is 0. The largest absolute Gasteiger partial charge is 0.369 e. The number of nitriles is 1. The molecule has 2 aliphatic rings. The van der Waals surface area contributed by atoms with E-state index in [-0.39, 0.29) is 18.5 Å². The number of nitrogens with one attached hydrogen (secondary N) is 3. The number of urea groups is 1. The van der Waals surface area contributed by atoms with Crippen LogP contribution in [0.2, 0.25) is 0 Å². The summed E-state index contributed by atoms with van der Waals surface area (Å²) < 4.78 is 0. The molecule has 10 nitrogen and oxygen atoms in total. The third-order valence-corrected chi connectivity index (χ3v) is 7.23. The third-order valence-electron chi connectivity index (χ3n) is 7.23. The van der Waals surface area contributed by atoms with Gasteiger partial charge in [0.05, 0.1) is 29.0 Å². The van der Waals surface area contributed by atoms with Gasteiger partial charge in [-0.05, 0) is 57.3 Å². The molecule has 0 unspecified atom stereocenters. The number of aromatic amines is 1. The van der Waals surface area contributed by atoms with Gasteiger partial charge in [-0.1, -0.05) is 12.1 Å². The number of H-pyrrole nitrogens is 1. The fourth-order valence-electron chi connectivity index (χ4n) is 4.89. The Labute approximate surface area is 215 Å². The molecule has 2 aromatic carbocycles. The number of likely N-dealkylation sites (N-methyl/N-ethyl adjacent to an activating group) is 1. The van der Waals surface area contributed by atoms with Gasteiger partial charge in [-0.3, -0.25) is 9.89 Å². The number of anilines is 3. The summed E-state index contributed by atoms with van der Waals surface area (Å²) in [7, 11) is 2.12. The van der Waals surface area contributed by atoms with Crippen LogP contribution in [0, 0.1) is 11.3 Å². The first-order valence-electron chi connectivity index (χ1n) is 12.3. The molecule has 0 atom stereocenters. The number of carbonyl (C=O) groups excluding carboxylic acids is 2. The van der Waals surface area contributed by atoms with Crippen LogP contribution < -0.4 is 15.5 Å². The van der Waals surface area contributed by atoms with Crippen molar-refractivity contribution in [1.82, 2.24) is 20.0 Å². The maximum absolute atomic E-state index is 13.2. The molecule has 3 N–H and O–H groups in total. The lowest BCUT2D eigenvalue weighted by molar-refractivity contribution is 0.102. The Morgan fingerprint density at radius 3 is 2.43 bits per heavy atom. The average Bonchev–Trinajstić information content (AvgIpc) is 3.42. The number of amides is 3. The van der Waals surface area contributed by atoms with Gasteiger partial charge in [0.2, 0.25) is 0 Å². The average molecular weight is 499 g/mol. The van der Waals surface area contributed by atoms with Crippen molar-refractivity contribution >= 4 is 29.1 Å². The Bertz CT molecular complexity index is 1360. The second kappa shape index (κ2) is 9.59. The van der Waals surface area contributed by atoms with Gasteiger partial charge in [-0.15, -0.1) is 0 Å². The maximum atomic E-state index is 13.2. The highest BCUT2D eigenvalue weighted by molar-refractivity contribution is 6.04. The molecule has 0 aliphatic carbocycles. The zero-order valence-corrected chi connectivity index (χ0v) is 21.2. The normalized spacial score (nSPS) is 16.7. The van der Waals surface area contributed by atoms with E-state index in [4.69, 9.17) is 0 Å². The predicted octanol–water partition coefficient (Wildman–Crippen LogP) is 3.57. The van der Waals surface area contributed by atoms with Gasteiger partial charge < -0.3 is 25.3 Å². The number of piperazine rings is 1. The molecule has 10 heteroatoms. The van der Waals surface area contributed by atoms with Crippen LogP contribution in [0.25, 0.3) is 0 Å². The molecule has 1 saturated heterocycles. The van der Waals surface area contributed by atoms with Crippen molar-refractivity contribution in [3.63, 3.8) is 0 Å². The van der Waals surface area contributed by atoms with E-state index in [9.17, 15) is 14.9 Å². The van der Waals surface area contributed by atoms with Gasteiger partial charge in [-0.25, -0.2) is 4.79 Å². The third kappa shape index (κ3) is 4.61. The minimum atomic E-state index is -0.693. The molecular formula is C27H30N8O2. The van der Waals surface area contributed by atoms with Crippen LogP contribution in [0.4, 0.5) is 22.0 Å². The summed E-state index contributed by atoms with van der Waals surface area (Å²) in [5.74, 6) is 0.145. The van der Waals surface area contributed by atoms with Crippen molar-refractivity contribution in [3.05, 3.63) is 70.9 Å². The van der Waals surface area contributed by atoms with Crippen LogP contribution in [0.3, 0.4) is 0 Å². The standard InChI is InChI=1S/C27H30N8O2/c1-27(2)23-21(17-35(27)26(37)29-22-7-5-4-6-19(22)16-28)24(32-31-23)30-25(36)18-8-10-20(11-9-18)34-14-12-33(3)13-15-34/h4-11H,12-15,17H2,1-3H3,(H,29,37)(H2,30,31,32,36). The predicted molar refractivity (Wildman–Crippen MR) is 141 cm³/mol. The molecule has 3 aromatic rings. The number of aromatic nitrogens is 2. The molecule has 0 saturated carbocycles. The summed E-state index contributed by atoms with van der Waals surface area (Å²) in [5.41, 5.74) is 3.31. The fourth-order valence-corrected chi connectivity index (χ4v) is 4.89. The van der Waals surface area contributed by atoms with Crippen LogP contribution in [0.1, 0.15) is 41.0 Å². The van der Waals surface area contributed by atoms with Crippen LogP contribution in [-0.4, -0.2) is 65.2 Å². The number of fused-ring (bicyclic) bond motifs is 1. The smallest absolute Gasteiger partial charge is 0.322 e. The molecule has 37 heavy (non-hydrogen) atoms. The highest BCUT2D eigenvalue weighted by atomic mass is 16.2. The number of hydrogen-bond donors (Lipinski definition) is 3. The molecule has 1 aromatic heterocycles. The van der Waals surface area contributed by atoms with E-state index in [1.54, 1.807) is 29.2 Å². The molecule has 1 fully saturated rings. The lowest BCUT2D eigenvalue weighted by atomic mass is 10.0. The van der Waals surface area contributed by atoms with Gasteiger partial charge in [-0.2, -0.15) is 10.4 Å². The van der Waals surface area contributed by atoms with E-state index in [1.807, 2.05) is 38.1 Å². The highest BCUT2D eigenvalue weighted by Crippen LogP contribution is 2.41. The molecule has 190 valence electrons. The molecule has 0 radical (unpaired) electrons. The summed E-state index contributed by atoms with van der Waals surface area (Å²) >= 11 is 0. The molecule has 0 spiro atoms. The zero-order valence-electron chi connectivity index (χ0n) is 21.2. The van der Waals surface area contributed by atoms with Gasteiger partial charge in [0.1, 0.15) is 6.07 Å². The van der Waals surface area contributed by atoms with Gasteiger partial charge in [0.15, 0.2) is 5.82 Å². The van der Waals surface area contributed by atoms with Gasteiger partial charge in [0.25, 0.3) is 5.91 Å². The molecule has 3 heterocycles. The van der Waals surface area contributed by atoms with E-state index in [1.165, 1.54) is 0 Å². The lowest BCUT2D eigenvalue weighted by Crippen LogP contribution is -2.44. The van der Waals surface area contributed by atoms with Crippen LogP contribution in [0.5, 0.6) is 0 Å². The van der Waals surface area contributed by atoms with E-state index >= 15 is 0 Å². The number of benzene rings is 2. The lowest BCUT2D eigenvalue weighted by Gasteiger charge is -2.34. The zero-order chi connectivity index (χ0) is 26.2. The monoisotopic (exact) mass is 498 g/mol. The molecular weight excluding hydrogens is 468 g/mol. The number of hydrogen-bond acceptors (Lipinski definition) is 6. The van der Waals surface area contributed by atoms with Gasteiger partial charge >= 0.3 is 6.03 Å². The van der Waals surface area contributed by atoms with Crippen molar-refractivity contribution in [1.29, 1.82) is 5.26 Å². The van der Waals surface area contributed by atoms with Crippen molar-refractivity contribution in [3.8, 4) is 6.07 Å². The molecule has 2 aliphatic heterocycles.